The maximum absolute atomic E-state index is 12.8. The topological polar surface area (TPSA) is 72.9 Å². The zero-order valence-electron chi connectivity index (χ0n) is 15.2. The van der Waals surface area contributed by atoms with Gasteiger partial charge in [0.25, 0.3) is 5.91 Å². The largest absolute Gasteiger partial charge is 0.345 e. The van der Waals surface area contributed by atoms with Crippen LogP contribution in [0.3, 0.4) is 0 Å². The van der Waals surface area contributed by atoms with Crippen molar-refractivity contribution in [3.8, 4) is 5.82 Å². The number of hydrogen-bond donors (Lipinski definition) is 2. The maximum Gasteiger partial charge on any atom is 0.253 e. The normalized spacial score (nSPS) is 10.6. The Bertz CT molecular complexity index is 674. The van der Waals surface area contributed by atoms with Crippen LogP contribution in [0, 0.1) is 13.8 Å². The molecule has 0 saturated carbocycles. The summed E-state index contributed by atoms with van der Waals surface area (Å²) >= 11 is 0. The number of amides is 1. The van der Waals surface area contributed by atoms with E-state index in [2.05, 4.69) is 10.3 Å². The minimum atomic E-state index is -0.343. The van der Waals surface area contributed by atoms with Gasteiger partial charge in [0.15, 0.2) is 0 Å². The molecule has 0 aliphatic carbocycles. The number of pyridine rings is 1. The van der Waals surface area contributed by atoms with E-state index in [1.54, 1.807) is 6.20 Å². The van der Waals surface area contributed by atoms with Gasteiger partial charge < -0.3 is 15.6 Å². The quantitative estimate of drug-likeness (QED) is 0.796. The number of halogens is 2. The molecule has 0 aromatic carbocycles. The van der Waals surface area contributed by atoms with Gasteiger partial charge >= 0.3 is 0 Å². The number of aryl methyl sites for hydroxylation is 1. The van der Waals surface area contributed by atoms with Crippen molar-refractivity contribution in [1.29, 1.82) is 0 Å². The van der Waals surface area contributed by atoms with E-state index in [-0.39, 0.29) is 36.3 Å². The predicted molar refractivity (Wildman–Crippen MR) is 107 cm³/mol. The van der Waals surface area contributed by atoms with E-state index in [9.17, 15) is 4.79 Å². The van der Waals surface area contributed by atoms with Gasteiger partial charge in [0.1, 0.15) is 5.82 Å². The number of hydrogen-bond acceptors (Lipinski definition) is 3. The number of aromatic nitrogens is 2. The molecule has 3 N–H and O–H groups in total. The molecule has 140 valence electrons. The van der Waals surface area contributed by atoms with Gasteiger partial charge in [0.2, 0.25) is 0 Å². The first-order valence-electron chi connectivity index (χ1n) is 8.11. The fraction of sp³-hybridized carbons (Fsp3) is 0.444. The third kappa shape index (κ3) is 4.75. The van der Waals surface area contributed by atoms with Crippen molar-refractivity contribution in [2.75, 3.05) is 6.54 Å². The summed E-state index contributed by atoms with van der Waals surface area (Å²) < 4.78 is 2.00. The second kappa shape index (κ2) is 9.80. The first kappa shape index (κ1) is 23.4. The van der Waals surface area contributed by atoms with E-state index in [4.69, 9.17) is 5.73 Å². The molecule has 7 heteroatoms. The van der Waals surface area contributed by atoms with Gasteiger partial charge in [0, 0.05) is 24.1 Å². The molecule has 0 unspecified atom stereocenters. The second-order valence-corrected chi connectivity index (χ2v) is 5.95. The molecular weight excluding hydrogens is 359 g/mol. The number of nitrogens with one attached hydrogen (secondary N) is 1. The molecule has 0 aliphatic heterocycles. The highest BCUT2D eigenvalue weighted by molar-refractivity contribution is 5.96. The summed E-state index contributed by atoms with van der Waals surface area (Å²) in [4.78, 5) is 17.1. The van der Waals surface area contributed by atoms with Crippen molar-refractivity contribution >= 4 is 30.7 Å². The fourth-order valence-corrected chi connectivity index (χ4v) is 2.91. The van der Waals surface area contributed by atoms with Crippen molar-refractivity contribution in [3.05, 3.63) is 47.4 Å². The van der Waals surface area contributed by atoms with Crippen LogP contribution in [0.2, 0.25) is 0 Å². The summed E-state index contributed by atoms with van der Waals surface area (Å²) in [5.74, 6) is 0.743. The number of nitrogens with two attached hydrogens (primary N) is 1. The highest BCUT2D eigenvalue weighted by Gasteiger charge is 2.28. The molecule has 0 radical (unpaired) electrons. The summed E-state index contributed by atoms with van der Waals surface area (Å²) in [6.45, 7) is 8.46. The average Bonchev–Trinajstić information content (AvgIpc) is 2.88. The van der Waals surface area contributed by atoms with Crippen LogP contribution in [-0.2, 0) is 0 Å². The highest BCUT2D eigenvalue weighted by Crippen LogP contribution is 2.21. The van der Waals surface area contributed by atoms with Gasteiger partial charge in [-0.25, -0.2) is 4.98 Å². The zero-order valence-corrected chi connectivity index (χ0v) is 16.8. The molecule has 25 heavy (non-hydrogen) atoms. The summed E-state index contributed by atoms with van der Waals surface area (Å²) in [5, 5.41) is 3.13. The molecular formula is C18H28Cl2N4O. The van der Waals surface area contributed by atoms with Crippen molar-refractivity contribution in [2.24, 2.45) is 5.73 Å². The molecule has 0 saturated heterocycles. The van der Waals surface area contributed by atoms with Gasteiger partial charge in [-0.15, -0.1) is 24.8 Å². The Hall–Kier alpha value is -1.56. The minimum Gasteiger partial charge on any atom is -0.345 e. The number of carbonyl (C=O) groups is 1. The van der Waals surface area contributed by atoms with Crippen molar-refractivity contribution in [1.82, 2.24) is 14.9 Å². The van der Waals surface area contributed by atoms with Crippen LogP contribution >= 0.6 is 24.8 Å². The Kier molecular flexibility index (Phi) is 9.19. The smallest absolute Gasteiger partial charge is 0.253 e. The second-order valence-electron chi connectivity index (χ2n) is 5.95. The minimum absolute atomic E-state index is 0. The predicted octanol–water partition coefficient (Wildman–Crippen LogP) is 3.58. The van der Waals surface area contributed by atoms with Crippen molar-refractivity contribution < 1.29 is 4.79 Å². The Morgan fingerprint density at radius 1 is 1.24 bits per heavy atom. The molecule has 5 nitrogen and oxygen atoms in total. The van der Waals surface area contributed by atoms with E-state index in [1.165, 1.54) is 0 Å². The van der Waals surface area contributed by atoms with Crippen LogP contribution in [0.25, 0.3) is 5.82 Å². The van der Waals surface area contributed by atoms with E-state index < -0.39 is 0 Å². The lowest BCUT2D eigenvalue weighted by Crippen LogP contribution is -2.52. The zero-order chi connectivity index (χ0) is 17.0. The van der Waals surface area contributed by atoms with E-state index in [0.29, 0.717) is 12.1 Å². The third-order valence-corrected chi connectivity index (χ3v) is 4.68. The van der Waals surface area contributed by atoms with E-state index in [0.717, 1.165) is 30.0 Å². The molecule has 0 spiro atoms. The number of rotatable bonds is 6. The SMILES string of the molecule is CCC(CC)(CN)NC(=O)c1cc(C)n(-c2ccccn2)c1C.Cl.Cl. The van der Waals surface area contributed by atoms with Crippen LogP contribution in [0.1, 0.15) is 48.4 Å². The molecule has 0 atom stereocenters. The summed E-state index contributed by atoms with van der Waals surface area (Å²) in [5.41, 5.74) is 8.09. The van der Waals surface area contributed by atoms with Gasteiger partial charge in [-0.05, 0) is 44.9 Å². The highest BCUT2D eigenvalue weighted by atomic mass is 35.5. The standard InChI is InChI=1S/C18H26N4O.2ClH/c1-5-18(6-2,12-19)21-17(23)15-11-13(3)22(14(15)4)16-9-7-8-10-20-16;;/h7-11H,5-6,12,19H2,1-4H3,(H,21,23);2*1H. The molecule has 1 amide bonds. The molecule has 2 heterocycles. The Morgan fingerprint density at radius 2 is 1.88 bits per heavy atom. The number of nitrogens with zero attached hydrogens (tertiary/aromatic N) is 2. The summed E-state index contributed by atoms with van der Waals surface area (Å²) in [6.07, 6.45) is 3.37. The maximum atomic E-state index is 12.8. The van der Waals surface area contributed by atoms with Gasteiger partial charge in [-0.3, -0.25) is 4.79 Å². The lowest BCUT2D eigenvalue weighted by atomic mass is 9.92. The lowest BCUT2D eigenvalue weighted by Gasteiger charge is -2.31. The monoisotopic (exact) mass is 386 g/mol. The lowest BCUT2D eigenvalue weighted by molar-refractivity contribution is 0.0894. The fourth-order valence-electron chi connectivity index (χ4n) is 2.91. The molecule has 2 rings (SSSR count). The van der Waals surface area contributed by atoms with Gasteiger partial charge in [-0.1, -0.05) is 19.9 Å². The van der Waals surface area contributed by atoms with Crippen LogP contribution in [0.15, 0.2) is 30.5 Å². The Balaban J connectivity index is 0.00000288. The van der Waals surface area contributed by atoms with Crippen LogP contribution in [0.5, 0.6) is 0 Å². The molecule has 0 fully saturated rings. The molecule has 2 aromatic rings. The van der Waals surface area contributed by atoms with Gasteiger partial charge in [-0.2, -0.15) is 0 Å². The summed E-state index contributed by atoms with van der Waals surface area (Å²) in [6, 6.07) is 7.66. The summed E-state index contributed by atoms with van der Waals surface area (Å²) in [7, 11) is 0. The third-order valence-electron chi connectivity index (χ3n) is 4.68. The molecule has 2 aromatic heterocycles. The number of carbonyl (C=O) groups excluding carboxylic acids is 1. The van der Waals surface area contributed by atoms with Crippen LogP contribution < -0.4 is 11.1 Å². The van der Waals surface area contributed by atoms with Crippen LogP contribution in [-0.4, -0.2) is 27.5 Å². The average molecular weight is 387 g/mol. The Labute approximate surface area is 162 Å². The first-order valence-corrected chi connectivity index (χ1v) is 8.11. The van der Waals surface area contributed by atoms with Gasteiger partial charge in [0.05, 0.1) is 11.1 Å². The van der Waals surface area contributed by atoms with Crippen molar-refractivity contribution in [3.63, 3.8) is 0 Å². The van der Waals surface area contributed by atoms with E-state index in [1.807, 2.05) is 56.5 Å². The first-order chi connectivity index (χ1) is 11.0. The molecule has 0 bridgehead atoms. The molecule has 0 aliphatic rings. The van der Waals surface area contributed by atoms with E-state index >= 15 is 0 Å². The Morgan fingerprint density at radius 3 is 2.36 bits per heavy atom. The van der Waals surface area contributed by atoms with Crippen molar-refractivity contribution in [2.45, 2.75) is 46.1 Å². The van der Waals surface area contributed by atoms with Crippen LogP contribution in [0.4, 0.5) is 0 Å².